The Morgan fingerprint density at radius 3 is 2.56 bits per heavy atom. The molecule has 1 unspecified atom stereocenters. The Morgan fingerprint density at radius 2 is 1.88 bits per heavy atom. The number of benzene rings is 1. The number of hydrogen-bond acceptors (Lipinski definition) is 7. The highest BCUT2D eigenvalue weighted by atomic mass is 16.5. The topological polar surface area (TPSA) is 99.5 Å². The second-order valence-electron chi connectivity index (χ2n) is 6.04. The normalized spacial score (nSPS) is 16.8. The first-order valence-electron chi connectivity index (χ1n) is 8.52. The number of aliphatic hydroxyl groups is 2. The van der Waals surface area contributed by atoms with Gasteiger partial charge >= 0.3 is 0 Å². The van der Waals surface area contributed by atoms with Crippen molar-refractivity contribution < 1.29 is 14.9 Å². The first-order chi connectivity index (χ1) is 12.3. The van der Waals surface area contributed by atoms with Crippen LogP contribution in [0.25, 0.3) is 0 Å². The molecule has 0 bridgehead atoms. The number of aliphatic hydroxyl groups excluding tert-OH is 2. The van der Waals surface area contributed by atoms with E-state index in [-0.39, 0.29) is 19.1 Å². The average molecular weight is 344 g/mol. The van der Waals surface area contributed by atoms with E-state index in [2.05, 4.69) is 20.6 Å². The van der Waals surface area contributed by atoms with E-state index in [1.54, 1.807) is 0 Å². The van der Waals surface area contributed by atoms with Crippen LogP contribution in [0.4, 0.5) is 11.8 Å². The zero-order valence-electron chi connectivity index (χ0n) is 14.1. The summed E-state index contributed by atoms with van der Waals surface area (Å²) < 4.78 is 5.46. The maximum atomic E-state index is 9.10. The van der Waals surface area contributed by atoms with E-state index in [0.717, 1.165) is 35.7 Å². The van der Waals surface area contributed by atoms with Gasteiger partial charge in [-0.15, -0.1) is 0 Å². The van der Waals surface area contributed by atoms with Crippen molar-refractivity contribution in [1.29, 1.82) is 0 Å². The van der Waals surface area contributed by atoms with Crippen LogP contribution in [0.2, 0.25) is 0 Å². The predicted octanol–water partition coefficient (Wildman–Crippen LogP) is 1.49. The van der Waals surface area contributed by atoms with Crippen molar-refractivity contribution in [3.8, 4) is 0 Å². The Balaban J connectivity index is 1.72. The standard InChI is InChI=1S/C18H24N4O3/c23-7-6-19-18-21-16(15-5-8-25-12-15)9-17(22-18)20-10-13-1-3-14(11-24)4-2-13/h1-4,9,15,23-24H,5-8,10-12H2,(H2,19,20,21,22). The lowest BCUT2D eigenvalue weighted by Crippen LogP contribution is -2.13. The first kappa shape index (κ1) is 17.6. The van der Waals surface area contributed by atoms with E-state index in [1.165, 1.54) is 0 Å². The van der Waals surface area contributed by atoms with Crippen LogP contribution in [-0.4, -0.2) is 46.5 Å². The summed E-state index contributed by atoms with van der Waals surface area (Å²) in [5.41, 5.74) is 2.95. The quantitative estimate of drug-likeness (QED) is 0.576. The maximum absolute atomic E-state index is 9.10. The molecule has 3 rings (SSSR count). The summed E-state index contributed by atoms with van der Waals surface area (Å²) in [7, 11) is 0. The van der Waals surface area contributed by atoms with Gasteiger partial charge in [0.25, 0.3) is 0 Å². The highest BCUT2D eigenvalue weighted by molar-refractivity contribution is 5.44. The maximum Gasteiger partial charge on any atom is 0.224 e. The molecule has 2 heterocycles. The van der Waals surface area contributed by atoms with Gasteiger partial charge in [-0.3, -0.25) is 0 Å². The minimum Gasteiger partial charge on any atom is -0.395 e. The second kappa shape index (κ2) is 8.75. The van der Waals surface area contributed by atoms with Crippen molar-refractivity contribution in [2.45, 2.75) is 25.5 Å². The minimum absolute atomic E-state index is 0.0279. The summed E-state index contributed by atoms with van der Waals surface area (Å²) >= 11 is 0. The summed E-state index contributed by atoms with van der Waals surface area (Å²) in [5.74, 6) is 1.53. The molecule has 0 aliphatic carbocycles. The lowest BCUT2D eigenvalue weighted by Gasteiger charge is -2.13. The SMILES string of the molecule is OCCNc1nc(NCc2ccc(CO)cc2)cc(C2CCOC2)n1. The smallest absolute Gasteiger partial charge is 0.224 e. The average Bonchev–Trinajstić information content (AvgIpc) is 3.20. The molecule has 7 heteroatoms. The molecule has 1 aliphatic heterocycles. The first-order valence-corrected chi connectivity index (χ1v) is 8.52. The molecular formula is C18H24N4O3. The molecule has 4 N–H and O–H groups in total. The molecule has 0 saturated carbocycles. The fourth-order valence-electron chi connectivity index (χ4n) is 2.74. The Hall–Kier alpha value is -2.22. The molecule has 1 aliphatic rings. The number of anilines is 2. The van der Waals surface area contributed by atoms with Crippen LogP contribution >= 0.6 is 0 Å². The molecule has 1 saturated heterocycles. The molecule has 0 amide bonds. The third-order valence-corrected chi connectivity index (χ3v) is 4.17. The largest absolute Gasteiger partial charge is 0.395 e. The number of nitrogens with one attached hydrogen (secondary N) is 2. The van der Waals surface area contributed by atoms with E-state index in [0.29, 0.717) is 25.6 Å². The van der Waals surface area contributed by atoms with Crippen LogP contribution < -0.4 is 10.6 Å². The van der Waals surface area contributed by atoms with Crippen molar-refractivity contribution in [1.82, 2.24) is 9.97 Å². The molecular weight excluding hydrogens is 320 g/mol. The monoisotopic (exact) mass is 344 g/mol. The van der Waals surface area contributed by atoms with Gasteiger partial charge in [-0.1, -0.05) is 24.3 Å². The minimum atomic E-state index is 0.0279. The van der Waals surface area contributed by atoms with Crippen molar-refractivity contribution in [3.63, 3.8) is 0 Å². The zero-order chi connectivity index (χ0) is 17.5. The Labute approximate surface area is 147 Å². The molecule has 0 radical (unpaired) electrons. The third kappa shape index (κ3) is 4.88. The third-order valence-electron chi connectivity index (χ3n) is 4.17. The zero-order valence-corrected chi connectivity index (χ0v) is 14.1. The molecule has 7 nitrogen and oxygen atoms in total. The van der Waals surface area contributed by atoms with Crippen LogP contribution in [-0.2, 0) is 17.9 Å². The van der Waals surface area contributed by atoms with Gasteiger partial charge in [0, 0.05) is 31.7 Å². The van der Waals surface area contributed by atoms with E-state index in [9.17, 15) is 0 Å². The van der Waals surface area contributed by atoms with Crippen LogP contribution in [0, 0.1) is 0 Å². The lowest BCUT2D eigenvalue weighted by atomic mass is 10.0. The van der Waals surface area contributed by atoms with E-state index >= 15 is 0 Å². The van der Waals surface area contributed by atoms with Gasteiger partial charge in [0.1, 0.15) is 5.82 Å². The number of ether oxygens (including phenoxy) is 1. The number of aromatic nitrogens is 2. The van der Waals surface area contributed by atoms with Crippen molar-refractivity contribution in [2.75, 3.05) is 37.0 Å². The fourth-order valence-corrected chi connectivity index (χ4v) is 2.74. The van der Waals surface area contributed by atoms with Gasteiger partial charge in [0.2, 0.25) is 5.95 Å². The van der Waals surface area contributed by atoms with Gasteiger partial charge in [0.15, 0.2) is 0 Å². The summed E-state index contributed by atoms with van der Waals surface area (Å²) in [4.78, 5) is 9.02. The Morgan fingerprint density at radius 1 is 1.08 bits per heavy atom. The molecule has 0 spiro atoms. The Kier molecular flexibility index (Phi) is 6.16. The predicted molar refractivity (Wildman–Crippen MR) is 95.5 cm³/mol. The van der Waals surface area contributed by atoms with Crippen LogP contribution in [0.5, 0.6) is 0 Å². The lowest BCUT2D eigenvalue weighted by molar-refractivity contribution is 0.193. The molecule has 25 heavy (non-hydrogen) atoms. The van der Waals surface area contributed by atoms with E-state index < -0.39 is 0 Å². The molecule has 134 valence electrons. The summed E-state index contributed by atoms with van der Waals surface area (Å²) in [5, 5.41) is 24.5. The highest BCUT2D eigenvalue weighted by Crippen LogP contribution is 2.26. The molecule has 1 fully saturated rings. The highest BCUT2D eigenvalue weighted by Gasteiger charge is 2.20. The molecule has 1 aromatic carbocycles. The number of hydrogen-bond donors (Lipinski definition) is 4. The van der Waals surface area contributed by atoms with E-state index in [4.69, 9.17) is 14.9 Å². The Bertz CT molecular complexity index is 673. The fraction of sp³-hybridized carbons (Fsp3) is 0.444. The second-order valence-corrected chi connectivity index (χ2v) is 6.04. The van der Waals surface area contributed by atoms with Gasteiger partial charge < -0.3 is 25.6 Å². The van der Waals surface area contributed by atoms with Gasteiger partial charge in [-0.05, 0) is 17.5 Å². The summed E-state index contributed by atoms with van der Waals surface area (Å²) in [6.45, 7) is 2.55. The van der Waals surface area contributed by atoms with Crippen LogP contribution in [0.15, 0.2) is 30.3 Å². The van der Waals surface area contributed by atoms with Crippen molar-refractivity contribution in [3.05, 3.63) is 47.2 Å². The van der Waals surface area contributed by atoms with Crippen LogP contribution in [0.3, 0.4) is 0 Å². The summed E-state index contributed by atoms with van der Waals surface area (Å²) in [6.07, 6.45) is 0.957. The molecule has 1 atom stereocenters. The molecule has 2 aromatic rings. The molecule has 1 aromatic heterocycles. The van der Waals surface area contributed by atoms with Gasteiger partial charge in [0.05, 0.1) is 25.5 Å². The van der Waals surface area contributed by atoms with Crippen molar-refractivity contribution in [2.24, 2.45) is 0 Å². The number of nitrogens with zero attached hydrogens (tertiary/aromatic N) is 2. The van der Waals surface area contributed by atoms with Gasteiger partial charge in [-0.2, -0.15) is 4.98 Å². The number of rotatable bonds is 8. The van der Waals surface area contributed by atoms with Crippen LogP contribution in [0.1, 0.15) is 29.2 Å². The summed E-state index contributed by atoms with van der Waals surface area (Å²) in [6, 6.07) is 9.75. The van der Waals surface area contributed by atoms with E-state index in [1.807, 2.05) is 30.3 Å². The van der Waals surface area contributed by atoms with Crippen molar-refractivity contribution >= 4 is 11.8 Å². The van der Waals surface area contributed by atoms with Gasteiger partial charge in [-0.25, -0.2) is 4.98 Å².